The Morgan fingerprint density at radius 2 is 2.35 bits per heavy atom. The van der Waals surface area contributed by atoms with Gasteiger partial charge in [-0.15, -0.1) is 11.3 Å². The summed E-state index contributed by atoms with van der Waals surface area (Å²) in [7, 11) is 0. The summed E-state index contributed by atoms with van der Waals surface area (Å²) in [6.07, 6.45) is 3.15. The molecule has 20 heavy (non-hydrogen) atoms. The Kier molecular flexibility index (Phi) is 3.60. The summed E-state index contributed by atoms with van der Waals surface area (Å²) in [5, 5.41) is 9.33. The Morgan fingerprint density at radius 3 is 3.05 bits per heavy atom. The fourth-order valence-electron chi connectivity index (χ4n) is 3.14. The normalized spacial score (nSPS) is 24.8. The summed E-state index contributed by atoms with van der Waals surface area (Å²) in [5.41, 5.74) is 0.950. The van der Waals surface area contributed by atoms with Gasteiger partial charge in [0.1, 0.15) is 0 Å². The highest BCUT2D eigenvalue weighted by Gasteiger charge is 2.36. The Labute approximate surface area is 123 Å². The van der Waals surface area contributed by atoms with Crippen molar-refractivity contribution in [2.75, 3.05) is 19.7 Å². The van der Waals surface area contributed by atoms with Gasteiger partial charge in [-0.3, -0.25) is 4.79 Å². The van der Waals surface area contributed by atoms with Crippen molar-refractivity contribution in [2.24, 2.45) is 0 Å². The van der Waals surface area contributed by atoms with Crippen LogP contribution in [0.25, 0.3) is 0 Å². The van der Waals surface area contributed by atoms with Gasteiger partial charge in [-0.25, -0.2) is 0 Å². The predicted molar refractivity (Wildman–Crippen MR) is 78.3 cm³/mol. The standard InChI is InChI=1S/C15H21NO3S/c1-15(2)9-16(7-11(8-17)19-15)14(18)13-6-10-4-3-5-12(10)20-13/h6,11,17H,3-5,7-9H2,1-2H3. The van der Waals surface area contributed by atoms with E-state index in [9.17, 15) is 9.90 Å². The molecule has 1 fully saturated rings. The summed E-state index contributed by atoms with van der Waals surface area (Å²) in [4.78, 5) is 16.7. The first-order chi connectivity index (χ1) is 9.48. The number of morpholine rings is 1. The number of nitrogens with zero attached hydrogens (tertiary/aromatic N) is 1. The third-order valence-electron chi connectivity index (χ3n) is 3.93. The van der Waals surface area contributed by atoms with Crippen molar-refractivity contribution in [3.05, 3.63) is 21.4 Å². The summed E-state index contributed by atoms with van der Waals surface area (Å²) in [5.74, 6) is 0.0826. The number of hydrogen-bond acceptors (Lipinski definition) is 4. The molecular formula is C15H21NO3S. The Hall–Kier alpha value is -0.910. The van der Waals surface area contributed by atoms with Gasteiger partial charge in [0, 0.05) is 18.0 Å². The number of rotatable bonds is 2. The number of fused-ring (bicyclic) bond motifs is 1. The number of aliphatic hydroxyl groups is 1. The van der Waals surface area contributed by atoms with E-state index in [0.717, 1.165) is 17.7 Å². The molecule has 2 heterocycles. The largest absolute Gasteiger partial charge is 0.394 e. The molecule has 1 N–H and O–H groups in total. The molecule has 1 aliphatic heterocycles. The third kappa shape index (κ3) is 2.62. The zero-order valence-corrected chi connectivity index (χ0v) is 12.8. The van der Waals surface area contributed by atoms with Crippen LogP contribution in [-0.2, 0) is 17.6 Å². The SMILES string of the molecule is CC1(C)CN(C(=O)c2cc3c(s2)CCC3)CC(CO)O1. The second-order valence-corrected chi connectivity index (χ2v) is 7.42. The first-order valence-electron chi connectivity index (χ1n) is 7.18. The topological polar surface area (TPSA) is 49.8 Å². The molecule has 1 saturated heterocycles. The number of ether oxygens (including phenoxy) is 1. The van der Waals surface area contributed by atoms with Crippen molar-refractivity contribution in [3.8, 4) is 0 Å². The summed E-state index contributed by atoms with van der Waals surface area (Å²) >= 11 is 1.64. The minimum absolute atomic E-state index is 0.0475. The van der Waals surface area contributed by atoms with Gasteiger partial charge in [-0.1, -0.05) is 0 Å². The monoisotopic (exact) mass is 295 g/mol. The first kappa shape index (κ1) is 14.0. The van der Waals surface area contributed by atoms with Crippen LogP contribution < -0.4 is 0 Å². The summed E-state index contributed by atoms with van der Waals surface area (Å²) in [6.45, 7) is 4.92. The number of aliphatic hydroxyl groups excluding tert-OH is 1. The highest BCUT2D eigenvalue weighted by Crippen LogP contribution is 2.32. The molecule has 2 aliphatic rings. The maximum Gasteiger partial charge on any atom is 0.264 e. The fourth-order valence-corrected chi connectivity index (χ4v) is 4.36. The van der Waals surface area contributed by atoms with Gasteiger partial charge in [0.2, 0.25) is 0 Å². The lowest BCUT2D eigenvalue weighted by Crippen LogP contribution is -2.55. The second kappa shape index (κ2) is 5.13. The maximum atomic E-state index is 12.7. The average Bonchev–Trinajstić information content (AvgIpc) is 2.96. The molecule has 0 saturated carbocycles. The molecule has 1 aromatic rings. The molecule has 1 aromatic heterocycles. The first-order valence-corrected chi connectivity index (χ1v) is 8.00. The molecule has 0 radical (unpaired) electrons. The van der Waals surface area contributed by atoms with Crippen LogP contribution in [-0.4, -0.2) is 47.3 Å². The van der Waals surface area contributed by atoms with Gasteiger partial charge >= 0.3 is 0 Å². The van der Waals surface area contributed by atoms with Gasteiger partial charge < -0.3 is 14.7 Å². The van der Waals surface area contributed by atoms with Gasteiger partial charge in [-0.2, -0.15) is 0 Å². The Bertz CT molecular complexity index is 502. The smallest absolute Gasteiger partial charge is 0.264 e. The van der Waals surface area contributed by atoms with E-state index < -0.39 is 5.60 Å². The molecule has 1 unspecified atom stereocenters. The van der Waals surface area contributed by atoms with E-state index >= 15 is 0 Å². The molecule has 5 heteroatoms. The minimum Gasteiger partial charge on any atom is -0.394 e. The number of hydrogen-bond donors (Lipinski definition) is 1. The highest BCUT2D eigenvalue weighted by atomic mass is 32.1. The molecule has 0 aromatic carbocycles. The van der Waals surface area contributed by atoms with E-state index in [4.69, 9.17) is 4.74 Å². The molecule has 3 rings (SSSR count). The zero-order chi connectivity index (χ0) is 14.3. The van der Waals surface area contributed by atoms with Crippen LogP contribution in [0, 0.1) is 0 Å². The van der Waals surface area contributed by atoms with Crippen molar-refractivity contribution in [1.29, 1.82) is 0 Å². The molecule has 1 amide bonds. The van der Waals surface area contributed by atoms with E-state index in [0.29, 0.717) is 13.1 Å². The Balaban J connectivity index is 1.78. The summed E-state index contributed by atoms with van der Waals surface area (Å²) in [6, 6.07) is 2.06. The fraction of sp³-hybridized carbons (Fsp3) is 0.667. The number of aryl methyl sites for hydroxylation is 2. The highest BCUT2D eigenvalue weighted by molar-refractivity contribution is 7.14. The van der Waals surface area contributed by atoms with Crippen LogP contribution in [0.1, 0.15) is 40.4 Å². The van der Waals surface area contributed by atoms with Gasteiger partial charge in [-0.05, 0) is 44.7 Å². The third-order valence-corrected chi connectivity index (χ3v) is 5.15. The molecule has 0 bridgehead atoms. The Morgan fingerprint density at radius 1 is 1.55 bits per heavy atom. The van der Waals surface area contributed by atoms with E-state index in [1.165, 1.54) is 16.9 Å². The van der Waals surface area contributed by atoms with Crippen LogP contribution in [0.15, 0.2) is 6.07 Å². The zero-order valence-electron chi connectivity index (χ0n) is 12.0. The van der Waals surface area contributed by atoms with Crippen molar-refractivity contribution < 1.29 is 14.6 Å². The van der Waals surface area contributed by atoms with Crippen LogP contribution in [0.3, 0.4) is 0 Å². The molecule has 110 valence electrons. The van der Waals surface area contributed by atoms with Gasteiger partial charge in [0.15, 0.2) is 0 Å². The number of thiophene rings is 1. The predicted octanol–water partition coefficient (Wildman–Crippen LogP) is 1.85. The summed E-state index contributed by atoms with van der Waals surface area (Å²) < 4.78 is 5.76. The lowest BCUT2D eigenvalue weighted by atomic mass is 10.0. The van der Waals surface area contributed by atoms with Gasteiger partial charge in [0.05, 0.1) is 23.2 Å². The minimum atomic E-state index is -0.401. The molecular weight excluding hydrogens is 274 g/mol. The number of carbonyl (C=O) groups excluding carboxylic acids is 1. The lowest BCUT2D eigenvalue weighted by Gasteiger charge is -2.42. The van der Waals surface area contributed by atoms with E-state index in [2.05, 4.69) is 6.07 Å². The van der Waals surface area contributed by atoms with Crippen LogP contribution in [0.4, 0.5) is 0 Å². The average molecular weight is 295 g/mol. The van der Waals surface area contributed by atoms with Crippen molar-refractivity contribution in [2.45, 2.75) is 44.8 Å². The van der Waals surface area contributed by atoms with Crippen LogP contribution >= 0.6 is 11.3 Å². The number of carbonyl (C=O) groups is 1. The molecule has 4 nitrogen and oxygen atoms in total. The maximum absolute atomic E-state index is 12.7. The van der Waals surface area contributed by atoms with Gasteiger partial charge in [0.25, 0.3) is 5.91 Å². The van der Waals surface area contributed by atoms with Crippen LogP contribution in [0.5, 0.6) is 0 Å². The van der Waals surface area contributed by atoms with E-state index in [-0.39, 0.29) is 18.6 Å². The van der Waals surface area contributed by atoms with Crippen LogP contribution in [0.2, 0.25) is 0 Å². The quantitative estimate of drug-likeness (QED) is 0.906. The van der Waals surface area contributed by atoms with Crippen molar-refractivity contribution in [3.63, 3.8) is 0 Å². The van der Waals surface area contributed by atoms with E-state index in [1.54, 1.807) is 11.3 Å². The second-order valence-electron chi connectivity index (χ2n) is 6.28. The van der Waals surface area contributed by atoms with Crippen molar-refractivity contribution >= 4 is 17.2 Å². The van der Waals surface area contributed by atoms with Crippen molar-refractivity contribution in [1.82, 2.24) is 4.90 Å². The van der Waals surface area contributed by atoms with E-state index in [1.807, 2.05) is 18.7 Å². The number of amides is 1. The molecule has 0 spiro atoms. The molecule has 1 aliphatic carbocycles. The lowest BCUT2D eigenvalue weighted by molar-refractivity contribution is -0.139. The molecule has 1 atom stereocenters.